The zero-order chi connectivity index (χ0) is 22.3. The van der Waals surface area contributed by atoms with Crippen LogP contribution < -0.4 is 19.5 Å². The van der Waals surface area contributed by atoms with Crippen molar-refractivity contribution in [3.05, 3.63) is 35.7 Å². The lowest BCUT2D eigenvalue weighted by Gasteiger charge is -2.11. The number of anilines is 2. The van der Waals surface area contributed by atoms with E-state index in [0.717, 1.165) is 0 Å². The fourth-order valence-electron chi connectivity index (χ4n) is 1.94. The van der Waals surface area contributed by atoms with Crippen molar-refractivity contribution in [2.45, 2.75) is 6.92 Å². The molecule has 30 heavy (non-hydrogen) atoms. The Balaban J connectivity index is 2.13. The predicted molar refractivity (Wildman–Crippen MR) is 108 cm³/mol. The van der Waals surface area contributed by atoms with Crippen LogP contribution in [-0.2, 0) is 15.0 Å². The van der Waals surface area contributed by atoms with Gasteiger partial charge in [-0.15, -0.1) is 0 Å². The Morgan fingerprint density at radius 2 is 1.83 bits per heavy atom. The Hall–Kier alpha value is -3.92. The van der Waals surface area contributed by atoms with Crippen LogP contribution in [0.4, 0.5) is 16.4 Å². The van der Waals surface area contributed by atoms with Gasteiger partial charge in [0.2, 0.25) is 5.95 Å². The molecule has 1 heterocycles. The van der Waals surface area contributed by atoms with Crippen molar-refractivity contribution < 1.29 is 22.7 Å². The number of aryl methyl sites for hydroxylation is 1. The Kier molecular flexibility index (Phi) is 7.10. The molecular formula is C17H19N7O5S. The molecule has 2 aromatic rings. The first-order chi connectivity index (χ1) is 14.1. The quantitative estimate of drug-likeness (QED) is 0.561. The van der Waals surface area contributed by atoms with E-state index >= 15 is 0 Å². The molecular weight excluding hydrogens is 414 g/mol. The van der Waals surface area contributed by atoms with Crippen molar-refractivity contribution in [1.82, 2.24) is 24.6 Å². The van der Waals surface area contributed by atoms with Crippen molar-refractivity contribution in [1.29, 1.82) is 0 Å². The van der Waals surface area contributed by atoms with Crippen LogP contribution in [0.3, 0.4) is 0 Å². The number of amides is 3. The molecule has 0 unspecified atom stereocenters. The number of hydrogen-bond acceptors (Lipinski definition) is 8. The average Bonchev–Trinajstić information content (AvgIpc) is 2.65. The zero-order valence-corrected chi connectivity index (χ0v) is 17.4. The minimum absolute atomic E-state index is 0.0430. The van der Waals surface area contributed by atoms with Crippen LogP contribution >= 0.6 is 0 Å². The maximum atomic E-state index is 12.3. The lowest BCUT2D eigenvalue weighted by atomic mass is 10.2. The molecule has 0 saturated heterocycles. The summed E-state index contributed by atoms with van der Waals surface area (Å²) in [5.41, 5.74) is 0.325. The van der Waals surface area contributed by atoms with Gasteiger partial charge in [-0.1, -0.05) is 18.1 Å². The number of benzene rings is 1. The van der Waals surface area contributed by atoms with Gasteiger partial charge in [0.15, 0.2) is 0 Å². The van der Waals surface area contributed by atoms with Gasteiger partial charge in [0.1, 0.15) is 5.82 Å². The molecule has 158 valence electrons. The zero-order valence-electron chi connectivity index (χ0n) is 16.5. The molecule has 12 nitrogen and oxygen atoms in total. The number of carbonyl (C=O) groups is 2. The second-order valence-corrected chi connectivity index (χ2v) is 7.26. The molecule has 0 aliphatic rings. The van der Waals surface area contributed by atoms with E-state index in [0.29, 0.717) is 0 Å². The fraction of sp³-hybridized carbons (Fsp3) is 0.235. The molecule has 0 fully saturated rings. The first-order valence-electron chi connectivity index (χ1n) is 8.30. The van der Waals surface area contributed by atoms with Gasteiger partial charge in [-0.2, -0.15) is 23.4 Å². The summed E-state index contributed by atoms with van der Waals surface area (Å²) in [7, 11) is 0.0769. The summed E-state index contributed by atoms with van der Waals surface area (Å²) in [6, 6.07) is 4.99. The van der Waals surface area contributed by atoms with Gasteiger partial charge in [-0.25, -0.2) is 9.52 Å². The van der Waals surface area contributed by atoms with E-state index in [4.69, 9.17) is 4.74 Å². The minimum Gasteiger partial charge on any atom is -0.467 e. The highest BCUT2D eigenvalue weighted by Crippen LogP contribution is 2.15. The molecule has 2 rings (SSSR count). The molecule has 0 aliphatic heterocycles. The summed E-state index contributed by atoms with van der Waals surface area (Å²) >= 11 is 0. The third-order valence-corrected chi connectivity index (χ3v) is 4.19. The molecule has 0 aliphatic carbocycles. The minimum atomic E-state index is -4.33. The van der Waals surface area contributed by atoms with Gasteiger partial charge >= 0.3 is 22.3 Å². The summed E-state index contributed by atoms with van der Waals surface area (Å²) in [6.07, 6.45) is 0. The van der Waals surface area contributed by atoms with Crippen molar-refractivity contribution in [2.24, 2.45) is 0 Å². The number of ether oxygens (including phenoxy) is 1. The highest BCUT2D eigenvalue weighted by Gasteiger charge is 2.17. The maximum Gasteiger partial charge on any atom is 0.336 e. The maximum absolute atomic E-state index is 12.3. The lowest BCUT2D eigenvalue weighted by Crippen LogP contribution is -2.38. The number of para-hydroxylation sites is 1. The smallest absolute Gasteiger partial charge is 0.336 e. The van der Waals surface area contributed by atoms with Gasteiger partial charge in [0.25, 0.3) is 5.91 Å². The van der Waals surface area contributed by atoms with Crippen molar-refractivity contribution in [3.63, 3.8) is 0 Å². The molecule has 0 atom stereocenters. The fourth-order valence-corrected chi connectivity index (χ4v) is 2.75. The average molecular weight is 433 g/mol. The number of urea groups is 1. The molecule has 0 saturated carbocycles. The van der Waals surface area contributed by atoms with Crippen molar-refractivity contribution in [3.8, 4) is 17.9 Å². The number of rotatable bonds is 5. The van der Waals surface area contributed by atoms with Gasteiger partial charge in [0.05, 0.1) is 12.8 Å². The van der Waals surface area contributed by atoms with E-state index < -0.39 is 22.1 Å². The van der Waals surface area contributed by atoms with Gasteiger partial charge in [-0.3, -0.25) is 14.8 Å². The van der Waals surface area contributed by atoms with E-state index in [9.17, 15) is 18.0 Å². The lowest BCUT2D eigenvalue weighted by molar-refractivity contribution is -0.122. The predicted octanol–water partition coefficient (Wildman–Crippen LogP) is 0.107. The van der Waals surface area contributed by atoms with E-state index in [-0.39, 0.29) is 29.0 Å². The Labute approximate surface area is 173 Å². The largest absolute Gasteiger partial charge is 0.467 e. The summed E-state index contributed by atoms with van der Waals surface area (Å²) in [6.45, 7) is 1.55. The first kappa shape index (κ1) is 22.4. The standard InChI is InChI=1S/C17H19N7O5S/c1-11-18-15(21-17(19-11)29-4)20-16(26)23-30(27,28)22-13-8-6-5-7-12(13)9-10-14(25)24(2)3/h5-8,22H,1-4H3,(H2,18,19,20,21,23,26). The van der Waals surface area contributed by atoms with Gasteiger partial charge in [0, 0.05) is 25.6 Å². The summed E-state index contributed by atoms with van der Waals surface area (Å²) in [5.74, 6) is 4.59. The number of aromatic nitrogens is 3. The topological polar surface area (TPSA) is 156 Å². The van der Waals surface area contributed by atoms with E-state index in [1.54, 1.807) is 23.8 Å². The summed E-state index contributed by atoms with van der Waals surface area (Å²) < 4.78 is 33.4. The third kappa shape index (κ3) is 6.60. The molecule has 0 spiro atoms. The van der Waals surface area contributed by atoms with Crippen LogP contribution in [0.25, 0.3) is 0 Å². The second kappa shape index (κ2) is 9.52. The number of nitrogens with zero attached hydrogens (tertiary/aromatic N) is 4. The number of carbonyl (C=O) groups excluding carboxylic acids is 2. The monoisotopic (exact) mass is 433 g/mol. The Morgan fingerprint density at radius 1 is 1.13 bits per heavy atom. The Bertz CT molecular complexity index is 1120. The SMILES string of the molecule is COc1nc(C)nc(NC(=O)NS(=O)(=O)Nc2ccccc2C#CC(=O)N(C)C)n1. The Morgan fingerprint density at radius 3 is 2.50 bits per heavy atom. The molecule has 3 N–H and O–H groups in total. The summed E-state index contributed by atoms with van der Waals surface area (Å²) in [4.78, 5) is 36.5. The number of methoxy groups -OCH3 is 1. The van der Waals surface area contributed by atoms with E-state index in [1.165, 1.54) is 38.2 Å². The molecule has 1 aromatic carbocycles. The highest BCUT2D eigenvalue weighted by molar-refractivity contribution is 7.91. The molecule has 3 amide bonds. The van der Waals surface area contributed by atoms with Gasteiger partial charge in [-0.05, 0) is 19.1 Å². The van der Waals surface area contributed by atoms with E-state index in [1.807, 2.05) is 0 Å². The second-order valence-electron chi connectivity index (χ2n) is 5.85. The van der Waals surface area contributed by atoms with Crippen LogP contribution in [0.1, 0.15) is 11.4 Å². The van der Waals surface area contributed by atoms with Crippen molar-refractivity contribution in [2.75, 3.05) is 31.2 Å². The first-order valence-corrected chi connectivity index (χ1v) is 9.78. The third-order valence-electron chi connectivity index (χ3n) is 3.24. The van der Waals surface area contributed by atoms with Crippen LogP contribution in [-0.4, -0.2) is 61.4 Å². The van der Waals surface area contributed by atoms with Gasteiger partial charge < -0.3 is 9.64 Å². The summed E-state index contributed by atoms with van der Waals surface area (Å²) in [5, 5.41) is 2.18. The number of hydrogen-bond donors (Lipinski definition) is 3. The van der Waals surface area contributed by atoms with Crippen LogP contribution in [0, 0.1) is 18.8 Å². The van der Waals surface area contributed by atoms with E-state index in [2.05, 4.69) is 36.8 Å². The van der Waals surface area contributed by atoms with Crippen LogP contribution in [0.5, 0.6) is 6.01 Å². The normalized spacial score (nSPS) is 10.3. The number of nitrogens with one attached hydrogen (secondary N) is 3. The molecule has 0 radical (unpaired) electrons. The molecule has 1 aromatic heterocycles. The highest BCUT2D eigenvalue weighted by atomic mass is 32.2. The van der Waals surface area contributed by atoms with Crippen LogP contribution in [0.15, 0.2) is 24.3 Å². The van der Waals surface area contributed by atoms with Crippen LogP contribution in [0.2, 0.25) is 0 Å². The van der Waals surface area contributed by atoms with Crippen molar-refractivity contribution >= 4 is 33.8 Å². The molecule has 0 bridgehead atoms. The molecule has 13 heteroatoms.